The molecule has 2 rings (SSSR count). The zero-order valence-electron chi connectivity index (χ0n) is 9.10. The van der Waals surface area contributed by atoms with E-state index in [1.165, 1.54) is 25.4 Å². The maximum atomic E-state index is 11.7. The third-order valence-electron chi connectivity index (χ3n) is 1.91. The van der Waals surface area contributed by atoms with Gasteiger partial charge in [-0.3, -0.25) is 10.1 Å². The van der Waals surface area contributed by atoms with Gasteiger partial charge in [0.05, 0.1) is 13.3 Å². The number of rotatable bonds is 3. The minimum absolute atomic E-state index is 0.0646. The molecule has 0 unspecified atom stereocenters. The van der Waals surface area contributed by atoms with Crippen molar-refractivity contribution < 1.29 is 18.7 Å². The van der Waals surface area contributed by atoms with Crippen molar-refractivity contribution in [3.63, 3.8) is 0 Å². The van der Waals surface area contributed by atoms with Crippen LogP contribution in [0, 0.1) is 0 Å². The molecule has 2 heterocycles. The lowest BCUT2D eigenvalue weighted by Gasteiger charge is -1.96. The normalized spacial score (nSPS) is 10.1. The average Bonchev–Trinajstić information content (AvgIpc) is 2.97. The molecule has 0 aliphatic rings. The van der Waals surface area contributed by atoms with Crippen LogP contribution >= 0.6 is 22.9 Å². The maximum absolute atomic E-state index is 11.7. The quantitative estimate of drug-likeness (QED) is 0.876. The molecule has 8 heteroatoms. The first-order chi connectivity index (χ1) is 8.60. The van der Waals surface area contributed by atoms with Gasteiger partial charge in [-0.1, -0.05) is 11.3 Å². The summed E-state index contributed by atoms with van der Waals surface area (Å²) in [6.07, 6.45) is 1.32. The van der Waals surface area contributed by atoms with Gasteiger partial charge in [-0.2, -0.15) is 0 Å². The van der Waals surface area contributed by atoms with Gasteiger partial charge in [-0.25, -0.2) is 9.78 Å². The number of methoxy groups -OCH3 is 1. The number of carbonyl (C=O) groups excluding carboxylic acids is 2. The number of hydrogen-bond donors (Lipinski definition) is 1. The van der Waals surface area contributed by atoms with Crippen molar-refractivity contribution in [1.82, 2.24) is 4.98 Å². The summed E-state index contributed by atoms with van der Waals surface area (Å²) in [5.74, 6) is -0.934. The fraction of sp³-hybridized carbons (Fsp3) is 0.100. The van der Waals surface area contributed by atoms with Gasteiger partial charge in [-0.05, 0) is 23.7 Å². The smallest absolute Gasteiger partial charge is 0.349 e. The molecule has 2 aromatic rings. The highest BCUT2D eigenvalue weighted by Gasteiger charge is 2.15. The van der Waals surface area contributed by atoms with Crippen LogP contribution in [0.1, 0.15) is 20.2 Å². The van der Waals surface area contributed by atoms with E-state index in [1.54, 1.807) is 0 Å². The Morgan fingerprint density at radius 3 is 2.89 bits per heavy atom. The zero-order valence-corrected chi connectivity index (χ0v) is 10.7. The third kappa shape index (κ3) is 2.69. The van der Waals surface area contributed by atoms with E-state index in [2.05, 4.69) is 15.0 Å². The van der Waals surface area contributed by atoms with Crippen molar-refractivity contribution in [1.29, 1.82) is 0 Å². The molecule has 0 aromatic carbocycles. The molecule has 0 saturated carbocycles. The van der Waals surface area contributed by atoms with Gasteiger partial charge in [0.2, 0.25) is 0 Å². The van der Waals surface area contributed by atoms with Crippen molar-refractivity contribution in [3.8, 4) is 0 Å². The van der Waals surface area contributed by atoms with E-state index in [0.717, 1.165) is 11.3 Å². The van der Waals surface area contributed by atoms with Gasteiger partial charge in [0.25, 0.3) is 5.91 Å². The van der Waals surface area contributed by atoms with Gasteiger partial charge < -0.3 is 9.15 Å². The molecule has 0 fully saturated rings. The van der Waals surface area contributed by atoms with Crippen LogP contribution in [-0.2, 0) is 4.74 Å². The molecule has 94 valence electrons. The van der Waals surface area contributed by atoms with Crippen LogP contribution < -0.4 is 5.32 Å². The summed E-state index contributed by atoms with van der Waals surface area (Å²) < 4.78 is 9.46. The summed E-state index contributed by atoms with van der Waals surface area (Å²) >= 11 is 6.55. The number of ether oxygens (including phenoxy) is 1. The number of thiazole rings is 1. The second-order valence-electron chi connectivity index (χ2n) is 3.08. The molecule has 0 aliphatic heterocycles. The number of esters is 1. The van der Waals surface area contributed by atoms with E-state index in [0.29, 0.717) is 4.88 Å². The summed E-state index contributed by atoms with van der Waals surface area (Å²) in [5.41, 5.74) is 0. The Labute approximate surface area is 111 Å². The zero-order chi connectivity index (χ0) is 13.1. The first kappa shape index (κ1) is 12.6. The van der Waals surface area contributed by atoms with E-state index in [1.807, 2.05) is 0 Å². The standard InChI is InChI=1S/C10H7ClN2O4S/c1-16-9(15)6-4-12-10(18-6)13-8(14)5-2-3-7(11)17-5/h2-4H,1H3,(H,12,13,14). The lowest BCUT2D eigenvalue weighted by Crippen LogP contribution is -2.10. The molecule has 0 saturated heterocycles. The number of nitrogens with one attached hydrogen (secondary N) is 1. The first-order valence-corrected chi connectivity index (χ1v) is 5.90. The van der Waals surface area contributed by atoms with E-state index in [-0.39, 0.29) is 16.1 Å². The van der Waals surface area contributed by atoms with Crippen molar-refractivity contribution in [2.24, 2.45) is 0 Å². The molecule has 2 aromatic heterocycles. The number of hydrogen-bond acceptors (Lipinski definition) is 6. The van der Waals surface area contributed by atoms with Crippen LogP contribution in [0.15, 0.2) is 22.7 Å². The highest BCUT2D eigenvalue weighted by Crippen LogP contribution is 2.20. The predicted molar refractivity (Wildman–Crippen MR) is 65.1 cm³/mol. The Morgan fingerprint density at radius 1 is 1.50 bits per heavy atom. The van der Waals surface area contributed by atoms with Crippen LogP contribution in [0.2, 0.25) is 5.22 Å². The summed E-state index contributed by atoms with van der Waals surface area (Å²) in [6, 6.07) is 2.89. The molecule has 0 radical (unpaired) electrons. The topological polar surface area (TPSA) is 81.4 Å². The molecule has 1 amide bonds. The Hall–Kier alpha value is -1.86. The van der Waals surface area contributed by atoms with Crippen LogP contribution in [0.5, 0.6) is 0 Å². The molecule has 0 bridgehead atoms. The van der Waals surface area contributed by atoms with Crippen LogP contribution in [0.3, 0.4) is 0 Å². The fourth-order valence-corrected chi connectivity index (χ4v) is 2.00. The molecule has 0 aliphatic carbocycles. The number of nitrogens with zero attached hydrogens (tertiary/aromatic N) is 1. The largest absolute Gasteiger partial charge is 0.465 e. The fourth-order valence-electron chi connectivity index (χ4n) is 1.12. The predicted octanol–water partition coefficient (Wildman–Crippen LogP) is 2.43. The third-order valence-corrected chi connectivity index (χ3v) is 3.01. The second kappa shape index (κ2) is 5.19. The molecule has 0 atom stereocenters. The molecular weight excluding hydrogens is 280 g/mol. The van der Waals surface area contributed by atoms with Crippen molar-refractivity contribution >= 4 is 39.9 Å². The maximum Gasteiger partial charge on any atom is 0.349 e. The number of furan rings is 1. The summed E-state index contributed by atoms with van der Waals surface area (Å²) in [4.78, 5) is 27.0. The van der Waals surface area contributed by atoms with Crippen molar-refractivity contribution in [2.75, 3.05) is 12.4 Å². The number of amides is 1. The van der Waals surface area contributed by atoms with Crippen LogP contribution in [0.4, 0.5) is 5.13 Å². The SMILES string of the molecule is COC(=O)c1cnc(NC(=O)c2ccc(Cl)o2)s1. The lowest BCUT2D eigenvalue weighted by molar-refractivity contribution is 0.0606. The summed E-state index contributed by atoms with van der Waals surface area (Å²) in [6.45, 7) is 0. The monoisotopic (exact) mass is 286 g/mol. The van der Waals surface area contributed by atoms with Crippen LogP contribution in [-0.4, -0.2) is 24.0 Å². The number of carbonyl (C=O) groups is 2. The van der Waals surface area contributed by atoms with E-state index in [9.17, 15) is 9.59 Å². The lowest BCUT2D eigenvalue weighted by atomic mass is 10.4. The highest BCUT2D eigenvalue weighted by atomic mass is 35.5. The Bertz CT molecular complexity index is 592. The van der Waals surface area contributed by atoms with Crippen molar-refractivity contribution in [2.45, 2.75) is 0 Å². The Morgan fingerprint density at radius 2 is 2.28 bits per heavy atom. The number of halogens is 1. The van der Waals surface area contributed by atoms with Gasteiger partial charge >= 0.3 is 5.97 Å². The molecule has 6 nitrogen and oxygen atoms in total. The minimum atomic E-state index is -0.506. The van der Waals surface area contributed by atoms with Gasteiger partial charge in [-0.15, -0.1) is 0 Å². The Kier molecular flexibility index (Phi) is 3.63. The van der Waals surface area contributed by atoms with Gasteiger partial charge in [0.15, 0.2) is 16.1 Å². The Balaban J connectivity index is 2.08. The molecule has 18 heavy (non-hydrogen) atoms. The molecule has 1 N–H and O–H groups in total. The van der Waals surface area contributed by atoms with Crippen molar-refractivity contribution in [3.05, 3.63) is 34.2 Å². The molecular formula is C10H7ClN2O4S. The van der Waals surface area contributed by atoms with E-state index in [4.69, 9.17) is 16.0 Å². The second-order valence-corrected chi connectivity index (χ2v) is 4.48. The number of aromatic nitrogens is 1. The average molecular weight is 287 g/mol. The first-order valence-electron chi connectivity index (χ1n) is 4.71. The van der Waals surface area contributed by atoms with E-state index >= 15 is 0 Å². The highest BCUT2D eigenvalue weighted by molar-refractivity contribution is 7.17. The van der Waals surface area contributed by atoms with E-state index < -0.39 is 11.9 Å². The number of anilines is 1. The van der Waals surface area contributed by atoms with Crippen LogP contribution in [0.25, 0.3) is 0 Å². The molecule has 0 spiro atoms. The van der Waals surface area contributed by atoms with Gasteiger partial charge in [0.1, 0.15) is 4.88 Å². The summed E-state index contributed by atoms with van der Waals surface area (Å²) in [5, 5.41) is 2.87. The van der Waals surface area contributed by atoms with Gasteiger partial charge in [0, 0.05) is 0 Å². The summed E-state index contributed by atoms with van der Waals surface area (Å²) in [7, 11) is 1.27. The minimum Gasteiger partial charge on any atom is -0.465 e.